The van der Waals surface area contributed by atoms with Crippen molar-refractivity contribution in [2.24, 2.45) is 0 Å². The molecule has 1 atom stereocenters. The van der Waals surface area contributed by atoms with Crippen LogP contribution in [0.5, 0.6) is 17.2 Å². The minimum absolute atomic E-state index is 0.147. The first-order valence-corrected chi connectivity index (χ1v) is 7.68. The highest BCUT2D eigenvalue weighted by Crippen LogP contribution is 2.41. The van der Waals surface area contributed by atoms with Gasteiger partial charge in [-0.2, -0.15) is 0 Å². The second kappa shape index (κ2) is 5.24. The van der Waals surface area contributed by atoms with Crippen LogP contribution in [0.4, 0.5) is 0 Å². The number of hydrogen-bond acceptors (Lipinski definition) is 4. The molecule has 108 valence electrons. The van der Waals surface area contributed by atoms with Gasteiger partial charge in [-0.3, -0.25) is 0 Å². The summed E-state index contributed by atoms with van der Waals surface area (Å²) in [6.07, 6.45) is 3.05. The van der Waals surface area contributed by atoms with Gasteiger partial charge in [0.05, 0.1) is 17.4 Å². The van der Waals surface area contributed by atoms with Crippen LogP contribution in [0.1, 0.15) is 19.3 Å². The number of rotatable bonds is 2. The Morgan fingerprint density at radius 3 is 2.38 bits per heavy atom. The summed E-state index contributed by atoms with van der Waals surface area (Å²) in [7, 11) is 8.15. The molecule has 1 unspecified atom stereocenters. The van der Waals surface area contributed by atoms with Gasteiger partial charge in [0.15, 0.2) is 17.8 Å². The van der Waals surface area contributed by atoms with Crippen LogP contribution in [0, 0.1) is 0 Å². The van der Waals surface area contributed by atoms with Crippen LogP contribution in [-0.4, -0.2) is 55.1 Å². The van der Waals surface area contributed by atoms with Gasteiger partial charge in [-0.05, 0) is 25.0 Å². The highest BCUT2D eigenvalue weighted by Gasteiger charge is 2.44. The molecule has 0 bridgehead atoms. The van der Waals surface area contributed by atoms with Crippen LogP contribution in [0.3, 0.4) is 0 Å². The Hall–Kier alpha value is -1.16. The van der Waals surface area contributed by atoms with Crippen LogP contribution < -0.4 is 14.2 Å². The van der Waals surface area contributed by atoms with Gasteiger partial charge in [-0.25, -0.2) is 0 Å². The van der Waals surface area contributed by atoms with E-state index in [1.807, 2.05) is 49.6 Å². The molecule has 3 rings (SSSR count). The number of fused-ring (bicyclic) bond motifs is 1. The predicted molar refractivity (Wildman–Crippen MR) is 91.6 cm³/mol. The summed E-state index contributed by atoms with van der Waals surface area (Å²) in [5, 5.41) is -0.783. The molecule has 0 spiro atoms. The van der Waals surface area contributed by atoms with E-state index in [2.05, 4.69) is 0 Å². The zero-order valence-electron chi connectivity index (χ0n) is 13.3. The molecule has 1 fully saturated rings. The molecule has 2 aliphatic rings. The third-order valence-corrected chi connectivity index (χ3v) is 4.50. The van der Waals surface area contributed by atoms with Crippen LogP contribution in [-0.2, 0) is 4.74 Å². The molecule has 4 nitrogen and oxygen atoms in total. The fourth-order valence-corrected chi connectivity index (χ4v) is 2.48. The zero-order valence-corrected chi connectivity index (χ0v) is 13.3. The quantitative estimate of drug-likeness (QED) is 0.601. The Kier molecular flexibility index (Phi) is 3.68. The largest absolute Gasteiger partial charge is 0.499 e. The summed E-state index contributed by atoms with van der Waals surface area (Å²) < 4.78 is 23.7. The Morgan fingerprint density at radius 1 is 1.00 bits per heavy atom. The zero-order chi connectivity index (χ0) is 15.1. The fraction of sp³-hybridized carbons (Fsp3) is 0.538. The Labute approximate surface area is 129 Å². The van der Waals surface area contributed by atoms with E-state index in [1.54, 1.807) is 0 Å². The third-order valence-electron chi connectivity index (χ3n) is 4.50. The second-order valence-corrected chi connectivity index (χ2v) is 6.75. The van der Waals surface area contributed by atoms with Gasteiger partial charge in [-0.15, -0.1) is 0 Å². The average Bonchev–Trinajstić information content (AvgIpc) is 2.41. The predicted octanol–water partition coefficient (Wildman–Crippen LogP) is -1.80. The lowest BCUT2D eigenvalue weighted by Crippen LogP contribution is -2.65. The van der Waals surface area contributed by atoms with Crippen molar-refractivity contribution in [3.63, 3.8) is 0 Å². The molecule has 1 aromatic carbocycles. The van der Waals surface area contributed by atoms with Crippen molar-refractivity contribution >= 4 is 31.4 Å². The first-order chi connectivity index (χ1) is 9.87. The van der Waals surface area contributed by atoms with Crippen molar-refractivity contribution in [1.82, 2.24) is 0 Å². The van der Waals surface area contributed by atoms with Crippen LogP contribution in [0.25, 0.3) is 0 Å². The second-order valence-electron chi connectivity index (χ2n) is 6.75. The molecule has 0 aliphatic carbocycles. The van der Waals surface area contributed by atoms with Crippen LogP contribution >= 0.6 is 0 Å². The summed E-state index contributed by atoms with van der Waals surface area (Å²) in [5.41, 5.74) is 0. The minimum Gasteiger partial charge on any atom is -0.499 e. The molecular formula is C13H20B4O4. The summed E-state index contributed by atoms with van der Waals surface area (Å²) >= 11 is 0. The van der Waals surface area contributed by atoms with Crippen molar-refractivity contribution in [2.45, 2.75) is 36.4 Å². The standard InChI is InChI=1S/C13H20B4O4/c14-12(15)13(16,17)21-10-7-8(4-5-9(10)20-12)19-11-3-1-2-6-18-11/h4-5,7,11H,1-3,6,14-17H2. The minimum atomic E-state index is -0.403. The molecule has 0 radical (unpaired) electrons. The van der Waals surface area contributed by atoms with Crippen molar-refractivity contribution in [2.75, 3.05) is 6.61 Å². The maximum absolute atomic E-state index is 6.12. The van der Waals surface area contributed by atoms with E-state index in [0.717, 1.165) is 43.1 Å². The summed E-state index contributed by atoms with van der Waals surface area (Å²) in [6, 6.07) is 5.71. The number of benzene rings is 1. The molecule has 21 heavy (non-hydrogen) atoms. The topological polar surface area (TPSA) is 36.9 Å². The van der Waals surface area contributed by atoms with E-state index < -0.39 is 5.40 Å². The van der Waals surface area contributed by atoms with E-state index in [0.29, 0.717) is 0 Å². The lowest BCUT2D eigenvalue weighted by atomic mass is 9.41. The summed E-state index contributed by atoms with van der Waals surface area (Å²) in [4.78, 5) is 0. The van der Waals surface area contributed by atoms with E-state index in [1.165, 1.54) is 0 Å². The molecule has 2 heterocycles. The third kappa shape index (κ3) is 2.91. The fourth-order valence-electron chi connectivity index (χ4n) is 2.48. The normalized spacial score (nSPS) is 26.0. The van der Waals surface area contributed by atoms with Crippen molar-refractivity contribution in [3.05, 3.63) is 18.2 Å². The van der Waals surface area contributed by atoms with E-state index >= 15 is 0 Å². The smallest absolute Gasteiger partial charge is 0.199 e. The van der Waals surface area contributed by atoms with Crippen molar-refractivity contribution < 1.29 is 18.9 Å². The molecule has 0 aromatic heterocycles. The van der Waals surface area contributed by atoms with Gasteiger partial charge >= 0.3 is 0 Å². The van der Waals surface area contributed by atoms with Gasteiger partial charge in [0, 0.05) is 12.5 Å². The van der Waals surface area contributed by atoms with E-state index in [-0.39, 0.29) is 11.7 Å². The van der Waals surface area contributed by atoms with Gasteiger partial charge in [0.2, 0.25) is 0 Å². The summed E-state index contributed by atoms with van der Waals surface area (Å²) in [6.45, 7) is 0.774. The van der Waals surface area contributed by atoms with Crippen molar-refractivity contribution in [1.29, 1.82) is 0 Å². The lowest BCUT2D eigenvalue weighted by molar-refractivity contribution is -0.106. The number of hydrogen-bond donors (Lipinski definition) is 0. The van der Waals surface area contributed by atoms with Crippen molar-refractivity contribution in [3.8, 4) is 17.2 Å². The van der Waals surface area contributed by atoms with Gasteiger partial charge in [0.1, 0.15) is 37.1 Å². The maximum Gasteiger partial charge on any atom is 0.199 e. The molecule has 2 aliphatic heterocycles. The molecule has 1 aromatic rings. The average molecular weight is 284 g/mol. The Balaban J connectivity index is 1.79. The van der Waals surface area contributed by atoms with E-state index in [4.69, 9.17) is 18.9 Å². The van der Waals surface area contributed by atoms with E-state index in [9.17, 15) is 0 Å². The Bertz CT molecular complexity index is 529. The SMILES string of the molecule is BC1(B)Oc2ccc(OC3CCCCO3)cc2OC1(B)B. The molecule has 8 heteroatoms. The number of ether oxygens (including phenoxy) is 4. The van der Waals surface area contributed by atoms with Crippen LogP contribution in [0.2, 0.25) is 0 Å². The maximum atomic E-state index is 6.12. The molecule has 0 amide bonds. The van der Waals surface area contributed by atoms with Crippen LogP contribution in [0.15, 0.2) is 18.2 Å². The molecular weight excluding hydrogens is 263 g/mol. The molecule has 0 N–H and O–H groups in total. The highest BCUT2D eigenvalue weighted by atomic mass is 16.7. The Morgan fingerprint density at radius 2 is 1.71 bits per heavy atom. The monoisotopic (exact) mass is 284 g/mol. The summed E-state index contributed by atoms with van der Waals surface area (Å²) in [5.74, 6) is 2.25. The van der Waals surface area contributed by atoms with Gasteiger partial charge in [0.25, 0.3) is 0 Å². The first-order valence-electron chi connectivity index (χ1n) is 7.68. The highest BCUT2D eigenvalue weighted by molar-refractivity contribution is 6.53. The molecule has 0 saturated carbocycles. The first kappa shape index (κ1) is 14.8. The van der Waals surface area contributed by atoms with Gasteiger partial charge in [-0.1, -0.05) is 0 Å². The molecule has 1 saturated heterocycles. The van der Waals surface area contributed by atoms with Gasteiger partial charge < -0.3 is 18.9 Å². The lowest BCUT2D eigenvalue weighted by Gasteiger charge is -2.47.